The van der Waals surface area contributed by atoms with Gasteiger partial charge in [0.1, 0.15) is 11.5 Å². The molecule has 0 N–H and O–H groups in total. The second-order valence-corrected chi connectivity index (χ2v) is 7.97. The van der Waals surface area contributed by atoms with Gasteiger partial charge in [0.2, 0.25) is 0 Å². The van der Waals surface area contributed by atoms with Crippen molar-refractivity contribution in [3.63, 3.8) is 0 Å². The molecule has 0 saturated carbocycles. The lowest BCUT2D eigenvalue weighted by Crippen LogP contribution is -2.28. The molecule has 8 heteroatoms. The van der Waals surface area contributed by atoms with Crippen LogP contribution < -0.4 is 4.90 Å². The number of hydrogen-bond acceptors (Lipinski definition) is 6. The summed E-state index contributed by atoms with van der Waals surface area (Å²) >= 11 is 0.836. The Labute approximate surface area is 182 Å². The van der Waals surface area contributed by atoms with E-state index in [1.54, 1.807) is 43.3 Å². The number of carbonyl (C=O) groups is 2. The SMILES string of the molecule is CCc1ccccc1N1C(=O)S/C(=C/c2ccc(-c3ccc(C)cc3[N+](=O)[O-])o2)C1=O. The van der Waals surface area contributed by atoms with Crippen molar-refractivity contribution in [2.75, 3.05) is 4.90 Å². The molecular formula is C23H18N2O5S. The number of rotatable bonds is 5. The van der Waals surface area contributed by atoms with Crippen LogP contribution in [-0.2, 0) is 11.2 Å². The molecule has 2 heterocycles. The van der Waals surface area contributed by atoms with E-state index in [9.17, 15) is 19.7 Å². The molecule has 0 atom stereocenters. The van der Waals surface area contributed by atoms with Crippen LogP contribution in [-0.4, -0.2) is 16.1 Å². The minimum Gasteiger partial charge on any atom is -0.456 e. The zero-order valence-electron chi connectivity index (χ0n) is 16.8. The van der Waals surface area contributed by atoms with Gasteiger partial charge in [0, 0.05) is 12.1 Å². The summed E-state index contributed by atoms with van der Waals surface area (Å²) in [5.74, 6) is 0.225. The first-order valence-electron chi connectivity index (χ1n) is 9.60. The van der Waals surface area contributed by atoms with Crippen LogP contribution in [0, 0.1) is 17.0 Å². The van der Waals surface area contributed by atoms with Crippen LogP contribution >= 0.6 is 11.8 Å². The average Bonchev–Trinajstić information content (AvgIpc) is 3.32. The molecule has 1 aromatic heterocycles. The van der Waals surface area contributed by atoms with Crippen molar-refractivity contribution in [2.24, 2.45) is 0 Å². The summed E-state index contributed by atoms with van der Waals surface area (Å²) < 4.78 is 5.76. The lowest BCUT2D eigenvalue weighted by atomic mass is 10.1. The lowest BCUT2D eigenvalue weighted by molar-refractivity contribution is -0.384. The van der Waals surface area contributed by atoms with E-state index >= 15 is 0 Å². The highest BCUT2D eigenvalue weighted by atomic mass is 32.2. The quantitative estimate of drug-likeness (QED) is 0.279. The van der Waals surface area contributed by atoms with Gasteiger partial charge in [-0.25, -0.2) is 4.90 Å². The minimum atomic E-state index is -0.457. The number of benzene rings is 2. The highest BCUT2D eigenvalue weighted by Crippen LogP contribution is 2.38. The van der Waals surface area contributed by atoms with Gasteiger partial charge in [-0.1, -0.05) is 31.2 Å². The van der Waals surface area contributed by atoms with Crippen LogP contribution in [0.2, 0.25) is 0 Å². The fourth-order valence-corrected chi connectivity index (χ4v) is 4.22. The highest BCUT2D eigenvalue weighted by Gasteiger charge is 2.37. The topological polar surface area (TPSA) is 93.7 Å². The zero-order chi connectivity index (χ0) is 22.1. The number of nitro benzene ring substituents is 1. The third-order valence-corrected chi connectivity index (χ3v) is 5.79. The van der Waals surface area contributed by atoms with Gasteiger partial charge in [-0.05, 0) is 60.5 Å². The van der Waals surface area contributed by atoms with Crippen LogP contribution in [0.3, 0.4) is 0 Å². The standard InChI is InChI=1S/C23H18N2O5S/c1-3-15-6-4-5-7-18(15)24-22(26)21(31-23(24)27)13-16-9-11-20(30-16)17-10-8-14(2)12-19(17)25(28)29/h4-13H,3H2,1-2H3/b21-13+. The summed E-state index contributed by atoms with van der Waals surface area (Å²) in [6, 6.07) is 15.4. The van der Waals surface area contributed by atoms with Crippen LogP contribution in [0.5, 0.6) is 0 Å². The summed E-state index contributed by atoms with van der Waals surface area (Å²) in [6.45, 7) is 3.74. The lowest BCUT2D eigenvalue weighted by Gasteiger charge is -2.16. The molecule has 31 heavy (non-hydrogen) atoms. The van der Waals surface area contributed by atoms with E-state index in [1.165, 1.54) is 17.0 Å². The molecule has 156 valence electrons. The number of amides is 2. The number of carbonyl (C=O) groups excluding carboxylic acids is 2. The summed E-state index contributed by atoms with van der Waals surface area (Å²) in [7, 11) is 0. The van der Waals surface area contributed by atoms with Gasteiger partial charge in [0.05, 0.1) is 21.1 Å². The first kappa shape index (κ1) is 20.6. The predicted molar refractivity (Wildman–Crippen MR) is 120 cm³/mol. The summed E-state index contributed by atoms with van der Waals surface area (Å²) in [5, 5.41) is 11.0. The Bertz CT molecular complexity index is 1240. The van der Waals surface area contributed by atoms with Crippen molar-refractivity contribution in [3.8, 4) is 11.3 Å². The molecule has 0 spiro atoms. The molecule has 0 radical (unpaired) electrons. The predicted octanol–water partition coefficient (Wildman–Crippen LogP) is 5.97. The van der Waals surface area contributed by atoms with E-state index < -0.39 is 10.8 Å². The van der Waals surface area contributed by atoms with Crippen molar-refractivity contribution in [1.29, 1.82) is 0 Å². The molecule has 0 bridgehead atoms. The fourth-order valence-electron chi connectivity index (χ4n) is 3.41. The Morgan fingerprint density at radius 2 is 1.90 bits per heavy atom. The molecule has 2 aromatic carbocycles. The highest BCUT2D eigenvalue weighted by molar-refractivity contribution is 8.19. The molecule has 1 aliphatic heterocycles. The van der Waals surface area contributed by atoms with Crippen molar-refractivity contribution >= 4 is 40.4 Å². The van der Waals surface area contributed by atoms with E-state index in [0.717, 1.165) is 22.9 Å². The fraction of sp³-hybridized carbons (Fsp3) is 0.130. The van der Waals surface area contributed by atoms with Gasteiger partial charge in [-0.2, -0.15) is 0 Å². The van der Waals surface area contributed by atoms with Crippen molar-refractivity contribution < 1.29 is 18.9 Å². The number of hydrogen-bond donors (Lipinski definition) is 0. The van der Waals surface area contributed by atoms with Crippen molar-refractivity contribution in [1.82, 2.24) is 0 Å². The average molecular weight is 434 g/mol. The molecule has 0 aliphatic carbocycles. The molecule has 1 fully saturated rings. The Kier molecular flexibility index (Phi) is 5.48. The van der Waals surface area contributed by atoms with Crippen LogP contribution in [0.15, 0.2) is 63.9 Å². The molecule has 1 aliphatic rings. The van der Waals surface area contributed by atoms with Crippen LogP contribution in [0.4, 0.5) is 16.2 Å². The van der Waals surface area contributed by atoms with Crippen LogP contribution in [0.25, 0.3) is 17.4 Å². The van der Waals surface area contributed by atoms with Gasteiger partial charge >= 0.3 is 0 Å². The maximum absolute atomic E-state index is 12.9. The van der Waals surface area contributed by atoms with E-state index in [0.29, 0.717) is 29.2 Å². The Hall–Kier alpha value is -3.65. The van der Waals surface area contributed by atoms with E-state index in [2.05, 4.69) is 0 Å². The smallest absolute Gasteiger partial charge is 0.298 e. The maximum Gasteiger partial charge on any atom is 0.298 e. The Morgan fingerprint density at radius 1 is 1.13 bits per heavy atom. The first-order chi connectivity index (χ1) is 14.9. The normalized spacial score (nSPS) is 15.2. The largest absolute Gasteiger partial charge is 0.456 e. The monoisotopic (exact) mass is 434 g/mol. The van der Waals surface area contributed by atoms with Gasteiger partial charge < -0.3 is 4.42 Å². The van der Waals surface area contributed by atoms with E-state index in [4.69, 9.17) is 4.42 Å². The number of furan rings is 1. The third kappa shape index (κ3) is 3.89. The Balaban J connectivity index is 1.66. The van der Waals surface area contributed by atoms with Gasteiger partial charge in [-0.3, -0.25) is 19.7 Å². The number of thioether (sulfide) groups is 1. The zero-order valence-corrected chi connectivity index (χ0v) is 17.6. The molecule has 1 saturated heterocycles. The molecule has 4 rings (SSSR count). The van der Waals surface area contributed by atoms with E-state index in [1.807, 2.05) is 19.1 Å². The molecule has 0 unspecified atom stereocenters. The number of imide groups is 1. The number of aryl methyl sites for hydroxylation is 2. The van der Waals surface area contributed by atoms with Gasteiger partial charge in [0.25, 0.3) is 16.8 Å². The van der Waals surface area contributed by atoms with Gasteiger partial charge in [-0.15, -0.1) is 0 Å². The molecular weight excluding hydrogens is 416 g/mol. The number of nitrogens with zero attached hydrogens (tertiary/aromatic N) is 2. The summed E-state index contributed by atoms with van der Waals surface area (Å²) in [5.41, 5.74) is 2.53. The second-order valence-electron chi connectivity index (χ2n) is 6.98. The second kappa shape index (κ2) is 8.23. The third-order valence-electron chi connectivity index (χ3n) is 4.92. The molecule has 7 nitrogen and oxygen atoms in total. The summed E-state index contributed by atoms with van der Waals surface area (Å²) in [6.07, 6.45) is 2.18. The van der Waals surface area contributed by atoms with Gasteiger partial charge in [0.15, 0.2) is 0 Å². The number of anilines is 1. The molecule has 3 aromatic rings. The number of para-hydroxylation sites is 1. The maximum atomic E-state index is 12.9. The van der Waals surface area contributed by atoms with Crippen LogP contribution in [0.1, 0.15) is 23.8 Å². The van der Waals surface area contributed by atoms with E-state index in [-0.39, 0.29) is 15.8 Å². The summed E-state index contributed by atoms with van der Waals surface area (Å²) in [4.78, 5) is 37.8. The van der Waals surface area contributed by atoms with Crippen molar-refractivity contribution in [3.05, 3.63) is 86.5 Å². The molecule has 2 amide bonds. The Morgan fingerprint density at radius 3 is 2.65 bits per heavy atom. The van der Waals surface area contributed by atoms with Crippen molar-refractivity contribution in [2.45, 2.75) is 20.3 Å². The first-order valence-corrected chi connectivity index (χ1v) is 10.4. The number of nitro groups is 1. The minimum absolute atomic E-state index is 0.0580.